The van der Waals surface area contributed by atoms with Crippen LogP contribution < -0.4 is 4.74 Å². The normalized spacial score (nSPS) is 18.9. The predicted octanol–water partition coefficient (Wildman–Crippen LogP) is 3.42. The molecule has 134 valence electrons. The van der Waals surface area contributed by atoms with Gasteiger partial charge in [-0.3, -0.25) is 0 Å². The summed E-state index contributed by atoms with van der Waals surface area (Å²) < 4.78 is 38.3. The van der Waals surface area contributed by atoms with Gasteiger partial charge in [-0.15, -0.1) is 0 Å². The Morgan fingerprint density at radius 3 is 2.68 bits per heavy atom. The fourth-order valence-electron chi connectivity index (χ4n) is 2.94. The molecule has 5 nitrogen and oxygen atoms in total. The van der Waals surface area contributed by atoms with Gasteiger partial charge in [0.2, 0.25) is 10.0 Å². The second-order valence-electron chi connectivity index (χ2n) is 5.88. The van der Waals surface area contributed by atoms with Gasteiger partial charge in [0, 0.05) is 13.1 Å². The van der Waals surface area contributed by atoms with Crippen molar-refractivity contribution in [1.82, 2.24) is 4.31 Å². The van der Waals surface area contributed by atoms with Crippen molar-refractivity contribution in [2.75, 3.05) is 26.8 Å². The molecule has 1 saturated heterocycles. The number of sulfonamides is 1. The summed E-state index contributed by atoms with van der Waals surface area (Å²) in [6, 6.07) is 12.4. The predicted molar refractivity (Wildman–Crippen MR) is 96.6 cm³/mol. The molecule has 2 aromatic rings. The lowest BCUT2D eigenvalue weighted by molar-refractivity contribution is -0.00288. The number of ether oxygens (including phenoxy) is 2. The minimum Gasteiger partial charge on any atom is -0.495 e. The largest absolute Gasteiger partial charge is 0.495 e. The molecule has 1 aliphatic rings. The molecule has 3 rings (SSSR count). The first-order valence-electron chi connectivity index (χ1n) is 7.94. The van der Waals surface area contributed by atoms with Crippen molar-refractivity contribution in [3.63, 3.8) is 0 Å². The maximum atomic E-state index is 13.0. The molecule has 0 amide bonds. The van der Waals surface area contributed by atoms with Crippen LogP contribution in [0, 0.1) is 6.92 Å². The maximum absolute atomic E-state index is 13.0. The van der Waals surface area contributed by atoms with Gasteiger partial charge in [0.25, 0.3) is 0 Å². The average Bonchev–Trinajstić information content (AvgIpc) is 2.62. The van der Waals surface area contributed by atoms with Crippen LogP contribution in [0.15, 0.2) is 47.4 Å². The van der Waals surface area contributed by atoms with Gasteiger partial charge in [0.1, 0.15) is 5.75 Å². The van der Waals surface area contributed by atoms with Crippen LogP contribution in [0.3, 0.4) is 0 Å². The fourth-order valence-corrected chi connectivity index (χ4v) is 4.71. The Kier molecular flexibility index (Phi) is 5.34. The van der Waals surface area contributed by atoms with Crippen molar-refractivity contribution in [3.8, 4) is 5.75 Å². The Bertz CT molecular complexity index is 869. The van der Waals surface area contributed by atoms with Gasteiger partial charge in [0.15, 0.2) is 0 Å². The highest BCUT2D eigenvalue weighted by atomic mass is 35.5. The second kappa shape index (κ2) is 7.33. The van der Waals surface area contributed by atoms with Crippen molar-refractivity contribution in [1.29, 1.82) is 0 Å². The fraction of sp³-hybridized carbons (Fsp3) is 0.333. The van der Waals surface area contributed by atoms with Crippen molar-refractivity contribution in [2.24, 2.45) is 0 Å². The highest BCUT2D eigenvalue weighted by molar-refractivity contribution is 7.89. The SMILES string of the molecule is COc1ccc(S(=O)(=O)N2CCOC(c3ccccc3C)C2)cc1Cl. The standard InChI is InChI=1S/C18H20ClNO4S/c1-13-5-3-4-6-15(13)18-12-20(9-10-24-18)25(21,22)14-7-8-17(23-2)16(19)11-14/h3-8,11,18H,9-10,12H2,1-2H3. The van der Waals surface area contributed by atoms with Crippen LogP contribution in [-0.2, 0) is 14.8 Å². The quantitative estimate of drug-likeness (QED) is 0.814. The molecule has 0 bridgehead atoms. The molecular weight excluding hydrogens is 362 g/mol. The number of benzene rings is 2. The number of methoxy groups -OCH3 is 1. The summed E-state index contributed by atoms with van der Waals surface area (Å²) in [5.74, 6) is 0.445. The van der Waals surface area contributed by atoms with E-state index in [9.17, 15) is 8.42 Å². The van der Waals surface area contributed by atoms with Gasteiger partial charge < -0.3 is 9.47 Å². The van der Waals surface area contributed by atoms with Gasteiger partial charge in [-0.05, 0) is 36.2 Å². The van der Waals surface area contributed by atoms with Crippen LogP contribution in [-0.4, -0.2) is 39.5 Å². The van der Waals surface area contributed by atoms with Crippen molar-refractivity contribution in [2.45, 2.75) is 17.9 Å². The summed E-state index contributed by atoms with van der Waals surface area (Å²) in [6.45, 7) is 2.93. The molecule has 0 saturated carbocycles. The van der Waals surface area contributed by atoms with Gasteiger partial charge in [-0.1, -0.05) is 35.9 Å². The third kappa shape index (κ3) is 3.67. The van der Waals surface area contributed by atoms with E-state index in [4.69, 9.17) is 21.1 Å². The van der Waals surface area contributed by atoms with Crippen LogP contribution >= 0.6 is 11.6 Å². The zero-order valence-electron chi connectivity index (χ0n) is 14.1. The first-order valence-corrected chi connectivity index (χ1v) is 9.76. The molecule has 1 fully saturated rings. The molecular formula is C18H20ClNO4S. The van der Waals surface area contributed by atoms with Gasteiger partial charge in [-0.25, -0.2) is 8.42 Å². The number of hydrogen-bond donors (Lipinski definition) is 0. The summed E-state index contributed by atoms with van der Waals surface area (Å²) >= 11 is 6.09. The van der Waals surface area contributed by atoms with E-state index < -0.39 is 10.0 Å². The average molecular weight is 382 g/mol. The van der Waals surface area contributed by atoms with Crippen molar-refractivity contribution in [3.05, 3.63) is 58.6 Å². The summed E-state index contributed by atoms with van der Waals surface area (Å²) in [5, 5.41) is 0.271. The molecule has 1 unspecified atom stereocenters. The molecule has 0 radical (unpaired) electrons. The van der Waals surface area contributed by atoms with Crippen LogP contribution in [0.2, 0.25) is 5.02 Å². The zero-order chi connectivity index (χ0) is 18.0. The number of nitrogens with zero attached hydrogens (tertiary/aromatic N) is 1. The first kappa shape index (κ1) is 18.2. The van der Waals surface area contributed by atoms with E-state index in [2.05, 4.69) is 0 Å². The van der Waals surface area contributed by atoms with E-state index in [1.54, 1.807) is 6.07 Å². The van der Waals surface area contributed by atoms with Crippen LogP contribution in [0.4, 0.5) is 0 Å². The lowest BCUT2D eigenvalue weighted by Gasteiger charge is -2.33. The molecule has 1 heterocycles. The molecule has 0 aromatic heterocycles. The minimum atomic E-state index is -3.65. The Hall–Kier alpha value is -1.60. The monoisotopic (exact) mass is 381 g/mol. The minimum absolute atomic E-state index is 0.156. The Labute approximate surface area is 153 Å². The van der Waals surface area contributed by atoms with E-state index in [1.165, 1.54) is 23.5 Å². The van der Waals surface area contributed by atoms with E-state index in [1.807, 2.05) is 31.2 Å². The topological polar surface area (TPSA) is 55.8 Å². The van der Waals surface area contributed by atoms with Crippen LogP contribution in [0.5, 0.6) is 5.75 Å². The van der Waals surface area contributed by atoms with Gasteiger partial charge in [0.05, 0.1) is 29.7 Å². The lowest BCUT2D eigenvalue weighted by atomic mass is 10.0. The van der Waals surface area contributed by atoms with Crippen molar-refractivity contribution >= 4 is 21.6 Å². The number of halogens is 1. The van der Waals surface area contributed by atoms with Gasteiger partial charge in [-0.2, -0.15) is 4.31 Å². The number of hydrogen-bond acceptors (Lipinski definition) is 4. The first-order chi connectivity index (χ1) is 11.9. The molecule has 1 atom stereocenters. The third-order valence-corrected chi connectivity index (χ3v) is 6.48. The number of morpholine rings is 1. The smallest absolute Gasteiger partial charge is 0.243 e. The molecule has 25 heavy (non-hydrogen) atoms. The third-order valence-electron chi connectivity index (χ3n) is 4.33. The number of aryl methyl sites for hydroxylation is 1. The van der Waals surface area contributed by atoms with Gasteiger partial charge >= 0.3 is 0 Å². The highest BCUT2D eigenvalue weighted by Gasteiger charge is 2.32. The van der Waals surface area contributed by atoms with Crippen LogP contribution in [0.1, 0.15) is 17.2 Å². The molecule has 0 aliphatic carbocycles. The van der Waals surface area contributed by atoms with E-state index in [0.29, 0.717) is 18.9 Å². The summed E-state index contributed by atoms with van der Waals surface area (Å²) in [5.41, 5.74) is 2.09. The Balaban J connectivity index is 1.87. The summed E-state index contributed by atoms with van der Waals surface area (Å²) in [4.78, 5) is 0.156. The van der Waals surface area contributed by atoms with Crippen molar-refractivity contribution < 1.29 is 17.9 Å². The maximum Gasteiger partial charge on any atom is 0.243 e. The molecule has 1 aliphatic heterocycles. The Morgan fingerprint density at radius 1 is 1.24 bits per heavy atom. The molecule has 2 aromatic carbocycles. The molecule has 7 heteroatoms. The van der Waals surface area contributed by atoms with E-state index >= 15 is 0 Å². The highest BCUT2D eigenvalue weighted by Crippen LogP contribution is 2.31. The molecule has 0 N–H and O–H groups in total. The molecule has 0 spiro atoms. The van der Waals surface area contributed by atoms with E-state index in [-0.39, 0.29) is 22.6 Å². The van der Waals surface area contributed by atoms with E-state index in [0.717, 1.165) is 11.1 Å². The Morgan fingerprint density at radius 2 is 2.00 bits per heavy atom. The zero-order valence-corrected chi connectivity index (χ0v) is 15.7. The number of rotatable bonds is 4. The van der Waals surface area contributed by atoms with Crippen LogP contribution in [0.25, 0.3) is 0 Å². The second-order valence-corrected chi connectivity index (χ2v) is 8.22. The summed E-state index contributed by atoms with van der Waals surface area (Å²) in [7, 11) is -2.16. The summed E-state index contributed by atoms with van der Waals surface area (Å²) in [6.07, 6.45) is -0.279. The lowest BCUT2D eigenvalue weighted by Crippen LogP contribution is -2.42.